The fourth-order valence-electron chi connectivity index (χ4n) is 2.72. The van der Waals surface area contributed by atoms with E-state index < -0.39 is 0 Å². The van der Waals surface area contributed by atoms with Crippen LogP contribution in [0.25, 0.3) is 0 Å². The van der Waals surface area contributed by atoms with E-state index in [1.165, 1.54) is 12.5 Å². The molecule has 1 aromatic carbocycles. The van der Waals surface area contributed by atoms with Gasteiger partial charge in [-0.3, -0.25) is 0 Å². The van der Waals surface area contributed by atoms with Crippen molar-refractivity contribution >= 4 is 0 Å². The summed E-state index contributed by atoms with van der Waals surface area (Å²) in [6, 6.07) is 5.01. The van der Waals surface area contributed by atoms with Gasteiger partial charge in [0.25, 0.3) is 0 Å². The van der Waals surface area contributed by atoms with Crippen LogP contribution in [0.4, 0.5) is 4.39 Å². The molecule has 3 atom stereocenters. The van der Waals surface area contributed by atoms with Gasteiger partial charge in [-0.1, -0.05) is 19.9 Å². The maximum atomic E-state index is 13.7. The normalized spacial score (nSPS) is 27.5. The first-order chi connectivity index (χ1) is 9.10. The summed E-state index contributed by atoms with van der Waals surface area (Å²) in [4.78, 5) is 0. The zero-order valence-electron chi connectivity index (χ0n) is 11.9. The van der Waals surface area contributed by atoms with Gasteiger partial charge in [0, 0.05) is 12.1 Å². The number of benzene rings is 1. The number of hydrogen-bond acceptors (Lipinski definition) is 2. The molecule has 1 aromatic rings. The Morgan fingerprint density at radius 2 is 2.05 bits per heavy atom. The van der Waals surface area contributed by atoms with Crippen LogP contribution in [0.1, 0.15) is 44.2 Å². The standard InChI is InChI=1S/C16H24FNO/c1-11-3-5-15(7-12(11)2)19-10-14-8-13(9-18)4-6-16(14)17/h4,6,8,11-12,15H,3,5,7,9-10,18H2,1-2H3. The van der Waals surface area contributed by atoms with Crippen molar-refractivity contribution in [3.8, 4) is 0 Å². The van der Waals surface area contributed by atoms with E-state index in [9.17, 15) is 4.39 Å². The second kappa shape index (κ2) is 6.49. The van der Waals surface area contributed by atoms with Crippen molar-refractivity contribution in [1.82, 2.24) is 0 Å². The number of hydrogen-bond donors (Lipinski definition) is 1. The molecule has 0 spiro atoms. The number of ether oxygens (including phenoxy) is 1. The van der Waals surface area contributed by atoms with Gasteiger partial charge in [0.2, 0.25) is 0 Å². The molecule has 3 heteroatoms. The minimum Gasteiger partial charge on any atom is -0.373 e. The van der Waals surface area contributed by atoms with Crippen molar-refractivity contribution in [1.29, 1.82) is 0 Å². The van der Waals surface area contributed by atoms with Gasteiger partial charge in [0.1, 0.15) is 5.82 Å². The summed E-state index contributed by atoms with van der Waals surface area (Å²) in [6.45, 7) is 5.36. The summed E-state index contributed by atoms with van der Waals surface area (Å²) in [6.07, 6.45) is 3.65. The second-order valence-electron chi connectivity index (χ2n) is 5.83. The maximum Gasteiger partial charge on any atom is 0.128 e. The molecule has 0 aliphatic heterocycles. The van der Waals surface area contributed by atoms with Crippen LogP contribution in [-0.4, -0.2) is 6.10 Å². The largest absolute Gasteiger partial charge is 0.373 e. The van der Waals surface area contributed by atoms with E-state index in [0.29, 0.717) is 24.6 Å². The van der Waals surface area contributed by atoms with E-state index in [4.69, 9.17) is 10.5 Å². The summed E-state index contributed by atoms with van der Waals surface area (Å²) in [5.41, 5.74) is 7.15. The molecule has 0 aromatic heterocycles. The molecule has 1 fully saturated rings. The van der Waals surface area contributed by atoms with Crippen LogP contribution in [0.5, 0.6) is 0 Å². The first-order valence-corrected chi connectivity index (χ1v) is 7.19. The molecule has 19 heavy (non-hydrogen) atoms. The van der Waals surface area contributed by atoms with Crippen molar-refractivity contribution in [2.45, 2.75) is 52.4 Å². The average Bonchev–Trinajstić information content (AvgIpc) is 2.41. The number of rotatable bonds is 4. The Hall–Kier alpha value is -0.930. The summed E-state index contributed by atoms with van der Waals surface area (Å²) in [5.74, 6) is 1.27. The van der Waals surface area contributed by atoms with Crippen LogP contribution in [-0.2, 0) is 17.9 Å². The third-order valence-electron chi connectivity index (χ3n) is 4.37. The van der Waals surface area contributed by atoms with E-state index in [2.05, 4.69) is 13.8 Å². The summed E-state index contributed by atoms with van der Waals surface area (Å²) < 4.78 is 19.6. The Morgan fingerprint density at radius 3 is 2.74 bits per heavy atom. The van der Waals surface area contributed by atoms with Crippen molar-refractivity contribution in [2.24, 2.45) is 17.6 Å². The molecule has 1 saturated carbocycles. The quantitative estimate of drug-likeness (QED) is 0.902. The highest BCUT2D eigenvalue weighted by molar-refractivity contribution is 5.24. The SMILES string of the molecule is CC1CCC(OCc2cc(CN)ccc2F)CC1C. The molecule has 1 aliphatic rings. The lowest BCUT2D eigenvalue weighted by Gasteiger charge is -2.32. The molecule has 2 nitrogen and oxygen atoms in total. The van der Waals surface area contributed by atoms with Gasteiger partial charge < -0.3 is 10.5 Å². The summed E-state index contributed by atoms with van der Waals surface area (Å²) in [7, 11) is 0. The lowest BCUT2D eigenvalue weighted by atomic mass is 9.80. The first-order valence-electron chi connectivity index (χ1n) is 7.19. The van der Waals surface area contributed by atoms with Crippen LogP contribution >= 0.6 is 0 Å². The minimum absolute atomic E-state index is 0.200. The third kappa shape index (κ3) is 3.77. The van der Waals surface area contributed by atoms with Gasteiger partial charge in [-0.2, -0.15) is 0 Å². The van der Waals surface area contributed by atoms with E-state index >= 15 is 0 Å². The van der Waals surface area contributed by atoms with E-state index in [0.717, 1.165) is 24.3 Å². The van der Waals surface area contributed by atoms with Crippen LogP contribution in [0.15, 0.2) is 18.2 Å². The van der Waals surface area contributed by atoms with Crippen LogP contribution < -0.4 is 5.73 Å². The lowest BCUT2D eigenvalue weighted by molar-refractivity contribution is -0.00848. The van der Waals surface area contributed by atoms with E-state index in [1.54, 1.807) is 6.07 Å². The first kappa shape index (κ1) is 14.5. The smallest absolute Gasteiger partial charge is 0.128 e. The zero-order valence-corrected chi connectivity index (χ0v) is 11.9. The van der Waals surface area contributed by atoms with Gasteiger partial charge in [-0.05, 0) is 48.8 Å². The molecular weight excluding hydrogens is 241 g/mol. The average molecular weight is 265 g/mol. The number of nitrogens with two attached hydrogens (primary N) is 1. The van der Waals surface area contributed by atoms with Gasteiger partial charge in [0.15, 0.2) is 0 Å². The van der Waals surface area contributed by atoms with Gasteiger partial charge in [-0.25, -0.2) is 4.39 Å². The highest BCUT2D eigenvalue weighted by atomic mass is 19.1. The van der Waals surface area contributed by atoms with Crippen molar-refractivity contribution in [3.63, 3.8) is 0 Å². The molecule has 2 rings (SSSR count). The lowest BCUT2D eigenvalue weighted by Crippen LogP contribution is -2.26. The predicted molar refractivity (Wildman–Crippen MR) is 75.0 cm³/mol. The Bertz CT molecular complexity index is 421. The zero-order chi connectivity index (χ0) is 13.8. The van der Waals surface area contributed by atoms with Crippen LogP contribution in [0.3, 0.4) is 0 Å². The predicted octanol–water partition coefficient (Wildman–Crippen LogP) is 3.63. The fourth-order valence-corrected chi connectivity index (χ4v) is 2.72. The molecule has 0 saturated heterocycles. The molecule has 0 radical (unpaired) electrons. The minimum atomic E-state index is -0.200. The van der Waals surface area contributed by atoms with Crippen LogP contribution in [0, 0.1) is 17.7 Å². The van der Waals surface area contributed by atoms with E-state index in [-0.39, 0.29) is 11.9 Å². The van der Waals surface area contributed by atoms with Crippen molar-refractivity contribution in [2.75, 3.05) is 0 Å². The molecule has 106 valence electrons. The molecule has 0 amide bonds. The number of halogens is 1. The molecule has 3 unspecified atom stereocenters. The van der Waals surface area contributed by atoms with Crippen LogP contribution in [0.2, 0.25) is 0 Å². The van der Waals surface area contributed by atoms with Crippen molar-refractivity contribution < 1.29 is 9.13 Å². The van der Waals surface area contributed by atoms with Gasteiger partial charge >= 0.3 is 0 Å². The second-order valence-corrected chi connectivity index (χ2v) is 5.83. The van der Waals surface area contributed by atoms with E-state index in [1.807, 2.05) is 6.07 Å². The third-order valence-corrected chi connectivity index (χ3v) is 4.37. The van der Waals surface area contributed by atoms with Gasteiger partial charge in [-0.15, -0.1) is 0 Å². The summed E-state index contributed by atoms with van der Waals surface area (Å²) >= 11 is 0. The molecule has 1 aliphatic carbocycles. The molecular formula is C16H24FNO. The topological polar surface area (TPSA) is 35.2 Å². The highest BCUT2D eigenvalue weighted by Crippen LogP contribution is 2.31. The monoisotopic (exact) mass is 265 g/mol. The summed E-state index contributed by atoms with van der Waals surface area (Å²) in [5, 5.41) is 0. The highest BCUT2D eigenvalue weighted by Gasteiger charge is 2.25. The Morgan fingerprint density at radius 1 is 1.26 bits per heavy atom. The van der Waals surface area contributed by atoms with Crippen molar-refractivity contribution in [3.05, 3.63) is 35.1 Å². The Balaban J connectivity index is 1.92. The molecule has 0 bridgehead atoms. The Kier molecular flexibility index (Phi) is 4.94. The van der Waals surface area contributed by atoms with Gasteiger partial charge in [0.05, 0.1) is 12.7 Å². The molecule has 2 N–H and O–H groups in total. The molecule has 0 heterocycles. The maximum absolute atomic E-state index is 13.7. The Labute approximate surface area is 115 Å². The fraction of sp³-hybridized carbons (Fsp3) is 0.625.